The number of nitrogens with one attached hydrogen (secondary N) is 1. The van der Waals surface area contributed by atoms with E-state index in [1.807, 2.05) is 13.8 Å². The first-order valence-electron chi connectivity index (χ1n) is 6.79. The molecule has 2 aromatic rings. The Balaban J connectivity index is 2.47. The lowest BCUT2D eigenvalue weighted by molar-refractivity contribution is 0.0925. The Kier molecular flexibility index (Phi) is 5.36. The first kappa shape index (κ1) is 17.8. The largest absolute Gasteiger partial charge is 0.769 e. The van der Waals surface area contributed by atoms with Gasteiger partial charge in [-0.05, 0) is 48.2 Å². The lowest BCUT2D eigenvalue weighted by atomic mass is 10.0. The third-order valence-electron chi connectivity index (χ3n) is 3.66. The van der Waals surface area contributed by atoms with Crippen LogP contribution in [0.5, 0.6) is 0 Å². The summed E-state index contributed by atoms with van der Waals surface area (Å²) in [6.45, 7) is 3.74. The van der Waals surface area contributed by atoms with E-state index in [2.05, 4.69) is 21.2 Å². The van der Waals surface area contributed by atoms with Crippen molar-refractivity contribution in [2.75, 3.05) is 0 Å². The van der Waals surface area contributed by atoms with Crippen molar-refractivity contribution in [1.82, 2.24) is 5.32 Å². The fraction of sp³-hybridized carbons (Fsp3) is 0.188. The first-order chi connectivity index (χ1) is 10.8. The minimum atomic E-state index is -2.77. The van der Waals surface area contributed by atoms with Crippen LogP contribution in [-0.4, -0.2) is 14.7 Å². The fourth-order valence-electron chi connectivity index (χ4n) is 2.10. The predicted octanol–water partition coefficient (Wildman–Crippen LogP) is 2.44. The molecule has 0 radical (unpaired) electrons. The van der Waals surface area contributed by atoms with Crippen LogP contribution in [0.4, 0.5) is 0 Å². The van der Waals surface area contributed by atoms with E-state index in [4.69, 9.17) is 5.73 Å². The Morgan fingerprint density at radius 1 is 1.22 bits per heavy atom. The van der Waals surface area contributed by atoms with E-state index < -0.39 is 22.0 Å². The summed E-state index contributed by atoms with van der Waals surface area (Å²) in [5.41, 5.74) is 8.49. The number of aryl methyl sites for hydroxylation is 1. The fourth-order valence-corrected chi connectivity index (χ4v) is 3.51. The molecule has 2 rings (SSSR count). The van der Waals surface area contributed by atoms with E-state index >= 15 is 0 Å². The summed E-state index contributed by atoms with van der Waals surface area (Å²) < 4.78 is 24.1. The highest BCUT2D eigenvalue weighted by Crippen LogP contribution is 2.31. The summed E-state index contributed by atoms with van der Waals surface area (Å²) in [6, 6.07) is 11.7. The van der Waals surface area contributed by atoms with Crippen molar-refractivity contribution >= 4 is 32.9 Å². The summed E-state index contributed by atoms with van der Waals surface area (Å²) in [5.74, 6) is -0.567. The molecule has 122 valence electrons. The molecular weight excluding hydrogens is 380 g/mol. The highest BCUT2D eigenvalue weighted by molar-refractivity contribution is 9.10. The van der Waals surface area contributed by atoms with Gasteiger partial charge in [-0.2, -0.15) is 0 Å². The maximum absolute atomic E-state index is 12.3. The van der Waals surface area contributed by atoms with Gasteiger partial charge in [0.25, 0.3) is 5.91 Å². The number of amides is 1. The molecular formula is C16H16BrN2O3S-. The van der Waals surface area contributed by atoms with Crippen molar-refractivity contribution in [1.29, 1.82) is 0 Å². The smallest absolute Gasteiger partial charge is 0.253 e. The number of hydrogen-bond donors (Lipinski definition) is 2. The number of hydrogen-bond acceptors (Lipinski definition) is 4. The number of benzene rings is 2. The van der Waals surface area contributed by atoms with Gasteiger partial charge in [-0.25, -0.2) is 0 Å². The average Bonchev–Trinajstić information content (AvgIpc) is 2.53. The van der Waals surface area contributed by atoms with Crippen molar-refractivity contribution in [2.45, 2.75) is 18.8 Å². The Hall–Kier alpha value is -1.54. The molecule has 3 N–H and O–H groups in total. The van der Waals surface area contributed by atoms with Crippen LogP contribution in [0.25, 0.3) is 0 Å². The van der Waals surface area contributed by atoms with Crippen molar-refractivity contribution < 1.29 is 13.6 Å². The molecule has 1 amide bonds. The van der Waals surface area contributed by atoms with E-state index in [0.717, 1.165) is 11.1 Å². The molecule has 7 heteroatoms. The first-order valence-corrected chi connectivity index (χ1v) is 8.66. The summed E-state index contributed by atoms with van der Waals surface area (Å²) in [6.07, 6.45) is 0. The lowest BCUT2D eigenvalue weighted by Gasteiger charge is -2.34. The van der Waals surface area contributed by atoms with Crippen LogP contribution >= 0.6 is 15.9 Å². The van der Waals surface area contributed by atoms with Crippen LogP contribution in [0.1, 0.15) is 27.0 Å². The van der Waals surface area contributed by atoms with Crippen LogP contribution in [0.15, 0.2) is 46.9 Å². The van der Waals surface area contributed by atoms with Gasteiger partial charge in [0.1, 0.15) is 0 Å². The van der Waals surface area contributed by atoms with Crippen molar-refractivity contribution in [3.8, 4) is 0 Å². The van der Waals surface area contributed by atoms with E-state index in [-0.39, 0.29) is 5.56 Å². The summed E-state index contributed by atoms with van der Waals surface area (Å²) in [5, 5.41) is 2.41. The predicted molar refractivity (Wildman–Crippen MR) is 92.3 cm³/mol. The molecule has 0 spiro atoms. The van der Waals surface area contributed by atoms with Crippen LogP contribution in [0, 0.1) is 13.8 Å². The second-order valence-electron chi connectivity index (χ2n) is 5.16. The van der Waals surface area contributed by atoms with Crippen LogP contribution in [0.3, 0.4) is 0 Å². The van der Waals surface area contributed by atoms with Gasteiger partial charge in [-0.3, -0.25) is 14.7 Å². The quantitative estimate of drug-likeness (QED) is 0.613. The van der Waals surface area contributed by atoms with Crippen molar-refractivity contribution in [3.63, 3.8) is 0 Å². The Bertz CT molecular complexity index is 767. The van der Waals surface area contributed by atoms with Crippen LogP contribution < -0.4 is 11.1 Å². The third-order valence-corrected chi connectivity index (χ3v) is 5.53. The molecule has 2 atom stereocenters. The molecule has 0 aliphatic rings. The normalized spacial score (nSPS) is 14.8. The SMILES string of the molecule is Cc1ccc(C(N)(NC(=O)c2ccccc2)S(=O)[O-])c(Br)c1C. The molecule has 0 aliphatic carbocycles. The number of carbonyl (C=O) groups is 1. The number of rotatable bonds is 4. The zero-order valence-corrected chi connectivity index (χ0v) is 15.0. The van der Waals surface area contributed by atoms with Gasteiger partial charge in [0.05, 0.1) is 0 Å². The van der Waals surface area contributed by atoms with E-state index in [0.29, 0.717) is 10.0 Å². The van der Waals surface area contributed by atoms with Crippen molar-refractivity contribution in [3.05, 3.63) is 69.2 Å². The lowest BCUT2D eigenvalue weighted by Crippen LogP contribution is -2.56. The summed E-state index contributed by atoms with van der Waals surface area (Å²) in [4.78, 5) is 10.3. The highest BCUT2D eigenvalue weighted by Gasteiger charge is 2.34. The topological polar surface area (TPSA) is 95.2 Å². The maximum atomic E-state index is 12.3. The molecule has 0 aliphatic heterocycles. The van der Waals surface area contributed by atoms with E-state index in [9.17, 15) is 13.6 Å². The zero-order valence-electron chi connectivity index (χ0n) is 12.6. The molecule has 0 fully saturated rings. The van der Waals surface area contributed by atoms with Gasteiger partial charge in [-0.15, -0.1) is 0 Å². The van der Waals surface area contributed by atoms with Gasteiger partial charge in [-0.1, -0.05) is 46.3 Å². The molecule has 23 heavy (non-hydrogen) atoms. The van der Waals surface area contributed by atoms with Gasteiger partial charge >= 0.3 is 0 Å². The Morgan fingerprint density at radius 3 is 2.39 bits per heavy atom. The second-order valence-corrected chi connectivity index (χ2v) is 7.07. The van der Waals surface area contributed by atoms with Gasteiger partial charge in [0, 0.05) is 15.6 Å². The molecule has 0 saturated heterocycles. The molecule has 0 bridgehead atoms. The van der Waals surface area contributed by atoms with Gasteiger partial charge in [0.15, 0.2) is 4.99 Å². The summed E-state index contributed by atoms with van der Waals surface area (Å²) in [7, 11) is 0. The average molecular weight is 396 g/mol. The number of halogens is 1. The Labute approximate surface area is 145 Å². The molecule has 2 aromatic carbocycles. The monoisotopic (exact) mass is 395 g/mol. The minimum Gasteiger partial charge on any atom is -0.769 e. The Morgan fingerprint density at radius 2 is 1.83 bits per heavy atom. The summed E-state index contributed by atoms with van der Waals surface area (Å²) >= 11 is 0.603. The van der Waals surface area contributed by atoms with Crippen molar-refractivity contribution in [2.24, 2.45) is 5.73 Å². The van der Waals surface area contributed by atoms with E-state index in [1.165, 1.54) is 0 Å². The van der Waals surface area contributed by atoms with E-state index in [1.54, 1.807) is 42.5 Å². The molecule has 0 heterocycles. The zero-order chi connectivity index (χ0) is 17.2. The maximum Gasteiger partial charge on any atom is 0.253 e. The molecule has 5 nitrogen and oxygen atoms in total. The second kappa shape index (κ2) is 6.92. The van der Waals surface area contributed by atoms with Gasteiger partial charge < -0.3 is 9.87 Å². The highest BCUT2D eigenvalue weighted by atomic mass is 79.9. The number of nitrogens with two attached hydrogens (primary N) is 1. The third kappa shape index (κ3) is 3.53. The molecule has 0 saturated carbocycles. The molecule has 0 aromatic heterocycles. The standard InChI is InChI=1S/C16H17BrN2O3S/c1-10-8-9-13(14(17)11(10)2)16(18,23(21)22)19-15(20)12-6-4-3-5-7-12/h3-9H,18H2,1-2H3,(H,19,20)(H,21,22)/p-1. The van der Waals surface area contributed by atoms with Crippen LogP contribution in [0.2, 0.25) is 0 Å². The van der Waals surface area contributed by atoms with Crippen LogP contribution in [-0.2, 0) is 16.1 Å². The minimum absolute atomic E-state index is 0.276. The van der Waals surface area contributed by atoms with Gasteiger partial charge in [0.2, 0.25) is 0 Å². The number of carbonyl (C=O) groups excluding carboxylic acids is 1. The molecule has 2 unspecified atom stereocenters.